The summed E-state index contributed by atoms with van der Waals surface area (Å²) >= 11 is 5.82. The van der Waals surface area contributed by atoms with Crippen molar-refractivity contribution in [1.82, 2.24) is 5.32 Å². The van der Waals surface area contributed by atoms with Gasteiger partial charge in [0.15, 0.2) is 0 Å². The molecule has 1 aromatic carbocycles. The summed E-state index contributed by atoms with van der Waals surface area (Å²) in [6.45, 7) is 0.571. The number of rotatable bonds is 5. The van der Waals surface area contributed by atoms with Gasteiger partial charge in [0.2, 0.25) is 0 Å². The van der Waals surface area contributed by atoms with Gasteiger partial charge in [0.05, 0.1) is 17.5 Å². The topological polar surface area (TPSA) is 38.3 Å². The lowest BCUT2D eigenvalue weighted by Crippen LogP contribution is -2.32. The molecule has 1 amide bonds. The summed E-state index contributed by atoms with van der Waals surface area (Å²) in [4.78, 5) is 11.5. The molecular weight excluding hydrogens is 233 g/mol. The molecule has 16 heavy (non-hydrogen) atoms. The van der Waals surface area contributed by atoms with Crippen LogP contribution in [0.4, 0.5) is 4.39 Å². The van der Waals surface area contributed by atoms with Crippen LogP contribution in [-0.2, 0) is 4.74 Å². The molecule has 0 aliphatic carbocycles. The van der Waals surface area contributed by atoms with Gasteiger partial charge < -0.3 is 10.1 Å². The van der Waals surface area contributed by atoms with Gasteiger partial charge in [-0.05, 0) is 12.1 Å². The minimum atomic E-state index is -0.544. The molecule has 0 heterocycles. The molecule has 0 aliphatic heterocycles. The second-order valence-electron chi connectivity index (χ2n) is 3.24. The van der Waals surface area contributed by atoms with Gasteiger partial charge in [-0.2, -0.15) is 0 Å². The van der Waals surface area contributed by atoms with Crippen molar-refractivity contribution in [1.29, 1.82) is 0 Å². The Labute approximate surface area is 98.5 Å². The number of ether oxygens (including phenoxy) is 1. The summed E-state index contributed by atoms with van der Waals surface area (Å²) in [5.74, 6) is -1.02. The van der Waals surface area contributed by atoms with E-state index in [0.29, 0.717) is 6.61 Å². The van der Waals surface area contributed by atoms with Crippen LogP contribution < -0.4 is 5.32 Å². The molecule has 1 atom stereocenters. The smallest absolute Gasteiger partial charge is 0.254 e. The lowest BCUT2D eigenvalue weighted by atomic mass is 10.2. The molecule has 0 saturated heterocycles. The van der Waals surface area contributed by atoms with E-state index in [9.17, 15) is 9.18 Å². The standard InChI is InChI=1S/C11H13ClFNO2/c1-16-7-8(12)6-14-11(15)9-4-2-3-5-10(9)13/h2-5,8H,6-7H2,1H3,(H,14,15). The van der Waals surface area contributed by atoms with Crippen molar-refractivity contribution in [3.8, 4) is 0 Å². The van der Waals surface area contributed by atoms with Crippen LogP contribution in [0.3, 0.4) is 0 Å². The van der Waals surface area contributed by atoms with Crippen LogP contribution in [0.25, 0.3) is 0 Å². The molecule has 0 spiro atoms. The first kappa shape index (κ1) is 12.9. The largest absolute Gasteiger partial charge is 0.383 e. The van der Waals surface area contributed by atoms with Crippen molar-refractivity contribution in [2.45, 2.75) is 5.38 Å². The van der Waals surface area contributed by atoms with Crippen LogP contribution in [0.1, 0.15) is 10.4 Å². The average Bonchev–Trinajstić information content (AvgIpc) is 2.27. The second kappa shape index (κ2) is 6.45. The zero-order chi connectivity index (χ0) is 12.0. The lowest BCUT2D eigenvalue weighted by molar-refractivity contribution is 0.0945. The van der Waals surface area contributed by atoms with Gasteiger partial charge in [0.1, 0.15) is 5.82 Å². The molecule has 0 aliphatic rings. The Bertz CT molecular complexity index is 360. The molecule has 1 unspecified atom stereocenters. The number of carbonyl (C=O) groups excluding carboxylic acids is 1. The van der Waals surface area contributed by atoms with Crippen LogP contribution >= 0.6 is 11.6 Å². The van der Waals surface area contributed by atoms with Crippen molar-refractivity contribution < 1.29 is 13.9 Å². The number of methoxy groups -OCH3 is 1. The van der Waals surface area contributed by atoms with E-state index in [4.69, 9.17) is 16.3 Å². The quantitative estimate of drug-likeness (QED) is 0.804. The predicted octanol–water partition coefficient (Wildman–Crippen LogP) is 1.81. The molecule has 0 saturated carbocycles. The normalized spacial score (nSPS) is 12.2. The maximum Gasteiger partial charge on any atom is 0.254 e. The van der Waals surface area contributed by atoms with Crippen molar-refractivity contribution in [2.24, 2.45) is 0 Å². The first-order chi connectivity index (χ1) is 7.65. The fourth-order valence-corrected chi connectivity index (χ4v) is 1.39. The van der Waals surface area contributed by atoms with Crippen molar-refractivity contribution >= 4 is 17.5 Å². The first-order valence-electron chi connectivity index (χ1n) is 4.81. The first-order valence-corrected chi connectivity index (χ1v) is 5.24. The molecule has 88 valence electrons. The molecule has 0 bridgehead atoms. The summed E-state index contributed by atoms with van der Waals surface area (Å²) in [7, 11) is 1.52. The fourth-order valence-electron chi connectivity index (χ4n) is 1.18. The lowest BCUT2D eigenvalue weighted by Gasteiger charge is -2.10. The summed E-state index contributed by atoms with van der Waals surface area (Å²) in [6, 6.07) is 5.79. The van der Waals surface area contributed by atoms with Crippen LogP contribution in [0.2, 0.25) is 0 Å². The molecule has 0 aromatic heterocycles. The Morgan fingerprint density at radius 2 is 2.25 bits per heavy atom. The van der Waals surface area contributed by atoms with E-state index >= 15 is 0 Å². The Morgan fingerprint density at radius 1 is 1.56 bits per heavy atom. The highest BCUT2D eigenvalue weighted by molar-refractivity contribution is 6.21. The van der Waals surface area contributed by atoms with Crippen molar-refractivity contribution in [3.63, 3.8) is 0 Å². The third kappa shape index (κ3) is 3.79. The number of alkyl halides is 1. The summed E-state index contributed by atoms with van der Waals surface area (Å²) < 4.78 is 18.0. The summed E-state index contributed by atoms with van der Waals surface area (Å²) in [6.07, 6.45) is 0. The number of carbonyl (C=O) groups is 1. The molecule has 3 nitrogen and oxygen atoms in total. The van der Waals surface area contributed by atoms with Gasteiger partial charge in [-0.25, -0.2) is 4.39 Å². The maximum atomic E-state index is 13.2. The molecule has 1 rings (SSSR count). The Balaban J connectivity index is 2.50. The maximum absolute atomic E-state index is 13.2. The van der Waals surface area contributed by atoms with Crippen LogP contribution in [-0.4, -0.2) is 31.5 Å². The van der Waals surface area contributed by atoms with Crippen LogP contribution in [0.15, 0.2) is 24.3 Å². The number of benzene rings is 1. The van der Waals surface area contributed by atoms with Gasteiger partial charge in [-0.3, -0.25) is 4.79 Å². The molecule has 1 aromatic rings. The van der Waals surface area contributed by atoms with Crippen molar-refractivity contribution in [2.75, 3.05) is 20.3 Å². The van der Waals surface area contributed by atoms with Gasteiger partial charge in [0.25, 0.3) is 5.91 Å². The van der Waals surface area contributed by atoms with Crippen LogP contribution in [0.5, 0.6) is 0 Å². The monoisotopic (exact) mass is 245 g/mol. The number of nitrogens with one attached hydrogen (secondary N) is 1. The predicted molar refractivity (Wildman–Crippen MR) is 60.3 cm³/mol. The number of amides is 1. The minimum Gasteiger partial charge on any atom is -0.383 e. The molecule has 0 radical (unpaired) electrons. The van der Waals surface area contributed by atoms with E-state index in [2.05, 4.69) is 5.32 Å². The Kier molecular flexibility index (Phi) is 5.22. The number of halogens is 2. The summed E-state index contributed by atoms with van der Waals surface area (Å²) in [5.41, 5.74) is 0.0174. The Morgan fingerprint density at radius 3 is 2.88 bits per heavy atom. The van der Waals surface area contributed by atoms with E-state index in [0.717, 1.165) is 0 Å². The SMILES string of the molecule is COCC(Cl)CNC(=O)c1ccccc1F. The molecule has 5 heteroatoms. The molecule has 1 N–H and O–H groups in total. The zero-order valence-corrected chi connectivity index (χ0v) is 9.63. The summed E-state index contributed by atoms with van der Waals surface area (Å²) in [5, 5.41) is 2.21. The van der Waals surface area contributed by atoms with Gasteiger partial charge in [-0.15, -0.1) is 11.6 Å². The highest BCUT2D eigenvalue weighted by Crippen LogP contribution is 2.06. The van der Waals surface area contributed by atoms with Gasteiger partial charge >= 0.3 is 0 Å². The number of hydrogen-bond acceptors (Lipinski definition) is 2. The van der Waals surface area contributed by atoms with Crippen molar-refractivity contribution in [3.05, 3.63) is 35.6 Å². The van der Waals surface area contributed by atoms with Crippen LogP contribution in [0, 0.1) is 5.82 Å². The minimum absolute atomic E-state index is 0.0174. The van der Waals surface area contributed by atoms with E-state index in [1.165, 1.54) is 25.3 Å². The molecular formula is C11H13ClFNO2. The highest BCUT2D eigenvalue weighted by atomic mass is 35.5. The van der Waals surface area contributed by atoms with E-state index < -0.39 is 11.7 Å². The average molecular weight is 246 g/mol. The Hall–Kier alpha value is -1.13. The third-order valence-electron chi connectivity index (χ3n) is 1.95. The van der Waals surface area contributed by atoms with E-state index in [-0.39, 0.29) is 17.5 Å². The highest BCUT2D eigenvalue weighted by Gasteiger charge is 2.12. The number of hydrogen-bond donors (Lipinski definition) is 1. The van der Waals surface area contributed by atoms with E-state index in [1.54, 1.807) is 6.07 Å². The van der Waals surface area contributed by atoms with Gasteiger partial charge in [0, 0.05) is 13.7 Å². The molecule has 0 fully saturated rings. The fraction of sp³-hybridized carbons (Fsp3) is 0.364. The third-order valence-corrected chi connectivity index (χ3v) is 2.23. The van der Waals surface area contributed by atoms with Gasteiger partial charge in [-0.1, -0.05) is 12.1 Å². The second-order valence-corrected chi connectivity index (χ2v) is 3.86. The van der Waals surface area contributed by atoms with E-state index in [1.807, 2.05) is 0 Å². The zero-order valence-electron chi connectivity index (χ0n) is 8.87.